The predicted octanol–water partition coefficient (Wildman–Crippen LogP) is -1.01. The van der Waals surface area contributed by atoms with Crippen molar-refractivity contribution in [3.8, 4) is 0 Å². The highest BCUT2D eigenvalue weighted by molar-refractivity contribution is 6.36. The number of hydrogen-bond donors (Lipinski definition) is 1. The fraction of sp³-hybridized carbons (Fsp3) is 0.500. The number of carbonyl (C=O) groups is 3. The SMILES string of the molecule is CCOC(=O)C(=O)CC(N)=O. The van der Waals surface area contributed by atoms with Gasteiger partial charge in [0.2, 0.25) is 11.7 Å². The Labute approximate surface area is 63.5 Å². The molecule has 0 bridgehead atoms. The molecule has 0 aromatic heterocycles. The van der Waals surface area contributed by atoms with Gasteiger partial charge in [-0.05, 0) is 6.92 Å². The molecule has 2 N–H and O–H groups in total. The van der Waals surface area contributed by atoms with Gasteiger partial charge >= 0.3 is 5.97 Å². The number of hydrogen-bond acceptors (Lipinski definition) is 4. The molecule has 5 nitrogen and oxygen atoms in total. The van der Waals surface area contributed by atoms with Crippen molar-refractivity contribution in [2.24, 2.45) is 5.73 Å². The Balaban J connectivity index is 3.83. The first-order valence-corrected chi connectivity index (χ1v) is 3.06. The van der Waals surface area contributed by atoms with Crippen molar-refractivity contribution in [1.29, 1.82) is 0 Å². The van der Waals surface area contributed by atoms with Crippen LogP contribution in [0.1, 0.15) is 13.3 Å². The van der Waals surface area contributed by atoms with Crippen LogP contribution in [0.25, 0.3) is 0 Å². The van der Waals surface area contributed by atoms with Gasteiger partial charge in [0.05, 0.1) is 13.0 Å². The summed E-state index contributed by atoms with van der Waals surface area (Å²) in [5.41, 5.74) is 4.66. The molecule has 0 aliphatic carbocycles. The van der Waals surface area contributed by atoms with Gasteiger partial charge in [-0.1, -0.05) is 0 Å². The van der Waals surface area contributed by atoms with Gasteiger partial charge in [-0.25, -0.2) is 4.79 Å². The molecule has 1 amide bonds. The quantitative estimate of drug-likeness (QED) is 0.323. The van der Waals surface area contributed by atoms with Crippen molar-refractivity contribution >= 4 is 17.7 Å². The summed E-state index contributed by atoms with van der Waals surface area (Å²) >= 11 is 0. The van der Waals surface area contributed by atoms with Gasteiger partial charge in [-0.15, -0.1) is 0 Å². The first kappa shape index (κ1) is 9.61. The van der Waals surface area contributed by atoms with Crippen LogP contribution in [0, 0.1) is 0 Å². The van der Waals surface area contributed by atoms with E-state index in [1.54, 1.807) is 6.92 Å². The molecule has 11 heavy (non-hydrogen) atoms. The molecule has 0 aliphatic heterocycles. The third kappa shape index (κ3) is 4.07. The van der Waals surface area contributed by atoms with E-state index in [9.17, 15) is 14.4 Å². The smallest absolute Gasteiger partial charge is 0.375 e. The van der Waals surface area contributed by atoms with Crippen LogP contribution >= 0.6 is 0 Å². The average molecular weight is 159 g/mol. The normalized spacial score (nSPS) is 8.82. The Bertz CT molecular complexity index is 187. The number of Topliss-reactive ketones (excluding diaryl/α,β-unsaturated/α-hetero) is 1. The fourth-order valence-electron chi connectivity index (χ4n) is 0.442. The third-order valence-electron chi connectivity index (χ3n) is 0.838. The lowest BCUT2D eigenvalue weighted by Crippen LogP contribution is -2.24. The molecule has 62 valence electrons. The molecule has 0 rings (SSSR count). The Morgan fingerprint density at radius 3 is 2.27 bits per heavy atom. The number of primary amides is 1. The molecular formula is C6H9NO4. The van der Waals surface area contributed by atoms with Crippen LogP contribution in [-0.2, 0) is 19.1 Å². The molecule has 0 heterocycles. The minimum absolute atomic E-state index is 0.114. The molecule has 0 fully saturated rings. The summed E-state index contributed by atoms with van der Waals surface area (Å²) in [5, 5.41) is 0. The molecule has 0 aliphatic rings. The molecule has 0 radical (unpaired) electrons. The van der Waals surface area contributed by atoms with Gasteiger partial charge in [-0.3, -0.25) is 9.59 Å². The van der Waals surface area contributed by atoms with Gasteiger partial charge in [0, 0.05) is 0 Å². The molecule has 0 aromatic rings. The number of nitrogens with two attached hydrogens (primary N) is 1. The monoisotopic (exact) mass is 159 g/mol. The third-order valence-corrected chi connectivity index (χ3v) is 0.838. The number of amides is 1. The van der Waals surface area contributed by atoms with E-state index < -0.39 is 24.1 Å². The topological polar surface area (TPSA) is 86.5 Å². The van der Waals surface area contributed by atoms with E-state index in [1.807, 2.05) is 0 Å². The van der Waals surface area contributed by atoms with Crippen LogP contribution in [0.3, 0.4) is 0 Å². The van der Waals surface area contributed by atoms with E-state index in [1.165, 1.54) is 0 Å². The average Bonchev–Trinajstić information content (AvgIpc) is 1.86. The van der Waals surface area contributed by atoms with Crippen LogP contribution < -0.4 is 5.73 Å². The lowest BCUT2D eigenvalue weighted by atomic mass is 10.3. The zero-order valence-electron chi connectivity index (χ0n) is 6.12. The van der Waals surface area contributed by atoms with Gasteiger partial charge in [0.15, 0.2) is 0 Å². The first-order valence-electron chi connectivity index (χ1n) is 3.06. The Kier molecular flexibility index (Phi) is 3.87. The van der Waals surface area contributed by atoms with E-state index in [0.717, 1.165) is 0 Å². The summed E-state index contributed by atoms with van der Waals surface area (Å²) in [6.45, 7) is 1.68. The minimum Gasteiger partial charge on any atom is -0.460 e. The maximum Gasteiger partial charge on any atom is 0.375 e. The number of esters is 1. The summed E-state index contributed by atoms with van der Waals surface area (Å²) in [5.74, 6) is -2.74. The van der Waals surface area contributed by atoms with E-state index in [2.05, 4.69) is 10.5 Å². The second-order valence-corrected chi connectivity index (χ2v) is 1.79. The first-order chi connectivity index (χ1) is 5.07. The van der Waals surface area contributed by atoms with Gasteiger partial charge < -0.3 is 10.5 Å². The van der Waals surface area contributed by atoms with E-state index in [4.69, 9.17) is 0 Å². The number of rotatable bonds is 4. The zero-order valence-corrected chi connectivity index (χ0v) is 6.12. The lowest BCUT2D eigenvalue weighted by Gasteiger charge is -1.97. The van der Waals surface area contributed by atoms with Crippen molar-refractivity contribution in [1.82, 2.24) is 0 Å². The second kappa shape index (κ2) is 4.43. The highest BCUT2D eigenvalue weighted by Crippen LogP contribution is 1.86. The number of ketones is 1. The largest absolute Gasteiger partial charge is 0.460 e. The van der Waals surface area contributed by atoms with Crippen LogP contribution in [0.4, 0.5) is 0 Å². The van der Waals surface area contributed by atoms with Crippen molar-refractivity contribution in [3.63, 3.8) is 0 Å². The summed E-state index contributed by atoms with van der Waals surface area (Å²) in [6.07, 6.45) is -0.584. The van der Waals surface area contributed by atoms with Crippen LogP contribution in [0.5, 0.6) is 0 Å². The van der Waals surface area contributed by atoms with Crippen molar-refractivity contribution in [2.75, 3.05) is 6.61 Å². The van der Waals surface area contributed by atoms with Crippen molar-refractivity contribution < 1.29 is 19.1 Å². The van der Waals surface area contributed by atoms with Crippen LogP contribution in [-0.4, -0.2) is 24.3 Å². The molecular weight excluding hydrogens is 150 g/mol. The minimum atomic E-state index is -1.01. The standard InChI is InChI=1S/C6H9NO4/c1-2-11-6(10)4(8)3-5(7)9/h2-3H2,1H3,(H2,7,9). The molecule has 0 atom stereocenters. The summed E-state index contributed by atoms with van der Waals surface area (Å²) < 4.78 is 4.31. The molecule has 0 saturated heterocycles. The molecule has 5 heteroatoms. The van der Waals surface area contributed by atoms with Crippen molar-refractivity contribution in [2.45, 2.75) is 13.3 Å². The summed E-state index contributed by atoms with van der Waals surface area (Å²) in [4.78, 5) is 31.2. The van der Waals surface area contributed by atoms with Crippen LogP contribution in [0.15, 0.2) is 0 Å². The van der Waals surface area contributed by atoms with Crippen molar-refractivity contribution in [3.05, 3.63) is 0 Å². The summed E-state index contributed by atoms with van der Waals surface area (Å²) in [6, 6.07) is 0. The number of ether oxygens (including phenoxy) is 1. The molecule has 0 unspecified atom stereocenters. The van der Waals surface area contributed by atoms with E-state index in [0.29, 0.717) is 0 Å². The fourth-order valence-corrected chi connectivity index (χ4v) is 0.442. The van der Waals surface area contributed by atoms with Gasteiger partial charge in [0.1, 0.15) is 0 Å². The highest BCUT2D eigenvalue weighted by atomic mass is 16.5. The van der Waals surface area contributed by atoms with E-state index >= 15 is 0 Å². The van der Waals surface area contributed by atoms with Crippen LogP contribution in [0.2, 0.25) is 0 Å². The van der Waals surface area contributed by atoms with Gasteiger partial charge in [0.25, 0.3) is 0 Å². The molecule has 0 saturated carbocycles. The Morgan fingerprint density at radius 1 is 1.36 bits per heavy atom. The Morgan fingerprint density at radius 2 is 1.91 bits per heavy atom. The predicted molar refractivity (Wildman–Crippen MR) is 35.5 cm³/mol. The highest BCUT2D eigenvalue weighted by Gasteiger charge is 2.16. The number of carbonyl (C=O) groups excluding carboxylic acids is 3. The summed E-state index contributed by atoms with van der Waals surface area (Å²) in [7, 11) is 0. The lowest BCUT2D eigenvalue weighted by molar-refractivity contribution is -0.154. The zero-order chi connectivity index (χ0) is 8.85. The maximum absolute atomic E-state index is 10.6. The van der Waals surface area contributed by atoms with Gasteiger partial charge in [-0.2, -0.15) is 0 Å². The second-order valence-electron chi connectivity index (χ2n) is 1.79. The van der Waals surface area contributed by atoms with E-state index in [-0.39, 0.29) is 6.61 Å². The molecule has 0 spiro atoms. The maximum atomic E-state index is 10.6. The molecule has 0 aromatic carbocycles. The Hall–Kier alpha value is -1.39.